The van der Waals surface area contributed by atoms with E-state index >= 15 is 0 Å². The van der Waals surface area contributed by atoms with Crippen LogP contribution >= 0.6 is 12.2 Å². The fraction of sp³-hybridized carbons (Fsp3) is 0.857. The molecule has 0 aromatic heterocycles. The van der Waals surface area contributed by atoms with Gasteiger partial charge in [-0.1, -0.05) is 51.2 Å². The zero-order valence-corrected chi connectivity index (χ0v) is 12.4. The Morgan fingerprint density at radius 3 is 2.22 bits per heavy atom. The van der Waals surface area contributed by atoms with Crippen molar-refractivity contribution in [3.63, 3.8) is 0 Å². The largest absolute Gasteiger partial charge is 0.391 e. The molecule has 0 radical (unpaired) electrons. The molecule has 1 unspecified atom stereocenters. The highest BCUT2D eigenvalue weighted by molar-refractivity contribution is 7.80. The van der Waals surface area contributed by atoms with Gasteiger partial charge >= 0.3 is 0 Å². The summed E-state index contributed by atoms with van der Waals surface area (Å²) in [4.78, 5) is 12.7. The van der Waals surface area contributed by atoms with Gasteiger partial charge in [0.2, 0.25) is 5.91 Å². The monoisotopic (exact) mass is 270 g/mol. The number of hydrogen-bond donors (Lipinski definition) is 2. The van der Waals surface area contributed by atoms with E-state index < -0.39 is 5.54 Å². The van der Waals surface area contributed by atoms with Crippen molar-refractivity contribution < 1.29 is 4.79 Å². The van der Waals surface area contributed by atoms with Crippen LogP contribution in [0.4, 0.5) is 0 Å². The van der Waals surface area contributed by atoms with Gasteiger partial charge in [0, 0.05) is 5.92 Å². The first kappa shape index (κ1) is 15.4. The lowest BCUT2D eigenvalue weighted by molar-refractivity contribution is -0.126. The quantitative estimate of drug-likeness (QED) is 0.772. The third-order valence-corrected chi connectivity index (χ3v) is 4.58. The summed E-state index contributed by atoms with van der Waals surface area (Å²) in [5, 5.41) is 3.06. The van der Waals surface area contributed by atoms with Gasteiger partial charge in [0.25, 0.3) is 0 Å². The van der Waals surface area contributed by atoms with Crippen molar-refractivity contribution in [2.75, 3.05) is 0 Å². The lowest BCUT2D eigenvalue weighted by Crippen LogP contribution is -2.55. The molecule has 1 aliphatic carbocycles. The molecule has 1 amide bonds. The first-order chi connectivity index (χ1) is 8.49. The van der Waals surface area contributed by atoms with Crippen LogP contribution in [0, 0.1) is 5.92 Å². The van der Waals surface area contributed by atoms with Gasteiger partial charge in [-0.25, -0.2) is 0 Å². The van der Waals surface area contributed by atoms with Crippen LogP contribution in [0.1, 0.15) is 65.2 Å². The zero-order chi connectivity index (χ0) is 13.6. The highest BCUT2D eigenvalue weighted by Gasteiger charge is 2.30. The fourth-order valence-electron chi connectivity index (χ4n) is 2.42. The number of nitrogens with two attached hydrogens (primary N) is 1. The average Bonchev–Trinajstić information content (AvgIpc) is 2.27. The molecule has 3 N–H and O–H groups in total. The maximum Gasteiger partial charge on any atom is 0.223 e. The molecule has 1 saturated carbocycles. The van der Waals surface area contributed by atoms with Crippen molar-refractivity contribution in [1.82, 2.24) is 5.32 Å². The van der Waals surface area contributed by atoms with Crippen molar-refractivity contribution in [2.45, 2.75) is 70.8 Å². The number of nitrogens with one attached hydrogen (secondary N) is 1. The zero-order valence-electron chi connectivity index (χ0n) is 11.6. The van der Waals surface area contributed by atoms with Crippen molar-refractivity contribution in [3.8, 4) is 0 Å². The van der Waals surface area contributed by atoms with E-state index in [0.717, 1.165) is 32.1 Å². The summed E-state index contributed by atoms with van der Waals surface area (Å²) in [6.07, 6.45) is 8.89. The smallest absolute Gasteiger partial charge is 0.223 e. The number of carbonyl (C=O) groups is 1. The Morgan fingerprint density at radius 1 is 1.28 bits per heavy atom. The number of thiocarbonyl (C=S) groups is 1. The van der Waals surface area contributed by atoms with Crippen LogP contribution < -0.4 is 11.1 Å². The summed E-state index contributed by atoms with van der Waals surface area (Å²) in [6, 6.07) is 0. The molecular formula is C14H26N2OS. The second-order valence-corrected chi connectivity index (χ2v) is 6.02. The second kappa shape index (κ2) is 7.07. The van der Waals surface area contributed by atoms with E-state index in [4.69, 9.17) is 18.0 Å². The fourth-order valence-corrected chi connectivity index (χ4v) is 2.61. The van der Waals surface area contributed by atoms with Crippen LogP contribution in [-0.4, -0.2) is 16.4 Å². The second-order valence-electron chi connectivity index (χ2n) is 5.58. The first-order valence-corrected chi connectivity index (χ1v) is 7.52. The van der Waals surface area contributed by atoms with Crippen molar-refractivity contribution in [2.24, 2.45) is 11.7 Å². The Bertz CT molecular complexity index is 298. The molecule has 0 heterocycles. The molecule has 0 spiro atoms. The van der Waals surface area contributed by atoms with Gasteiger partial charge in [0.15, 0.2) is 0 Å². The van der Waals surface area contributed by atoms with E-state index in [-0.39, 0.29) is 11.8 Å². The standard InChI is InChI=1S/C14H26N2OS/c1-3-14(2,13(15)18)16-12(17)11-9-7-5-4-6-8-10-11/h11H,3-10H2,1-2H3,(H2,15,18)(H,16,17). The van der Waals surface area contributed by atoms with Crippen LogP contribution in [0.3, 0.4) is 0 Å². The third kappa shape index (κ3) is 4.23. The minimum atomic E-state index is -0.533. The maximum atomic E-state index is 12.3. The molecule has 0 bridgehead atoms. The highest BCUT2D eigenvalue weighted by atomic mass is 32.1. The number of amides is 1. The Hall–Kier alpha value is -0.640. The van der Waals surface area contributed by atoms with E-state index in [0.29, 0.717) is 4.99 Å². The Morgan fingerprint density at radius 2 is 1.78 bits per heavy atom. The van der Waals surface area contributed by atoms with Crippen molar-refractivity contribution in [3.05, 3.63) is 0 Å². The van der Waals surface area contributed by atoms with Crippen molar-refractivity contribution >= 4 is 23.1 Å². The van der Waals surface area contributed by atoms with Gasteiger partial charge in [0.05, 0.1) is 10.5 Å². The molecule has 0 aromatic rings. The lowest BCUT2D eigenvalue weighted by atomic mass is 9.89. The van der Waals surface area contributed by atoms with E-state index in [1.807, 2.05) is 13.8 Å². The molecular weight excluding hydrogens is 244 g/mol. The van der Waals surface area contributed by atoms with Gasteiger partial charge in [-0.3, -0.25) is 4.79 Å². The van der Waals surface area contributed by atoms with E-state index in [2.05, 4.69) is 5.32 Å². The molecule has 1 atom stereocenters. The molecule has 0 aromatic carbocycles. The van der Waals surface area contributed by atoms with Gasteiger partial charge in [-0.15, -0.1) is 0 Å². The van der Waals surface area contributed by atoms with Crippen LogP contribution in [-0.2, 0) is 4.79 Å². The normalized spacial score (nSPS) is 21.4. The van der Waals surface area contributed by atoms with Crippen molar-refractivity contribution in [1.29, 1.82) is 0 Å². The first-order valence-electron chi connectivity index (χ1n) is 7.11. The number of rotatable bonds is 4. The summed E-state index contributed by atoms with van der Waals surface area (Å²) in [6.45, 7) is 3.91. The summed E-state index contributed by atoms with van der Waals surface area (Å²) in [5.74, 6) is 0.277. The minimum Gasteiger partial charge on any atom is -0.391 e. The number of hydrogen-bond acceptors (Lipinski definition) is 2. The topological polar surface area (TPSA) is 55.1 Å². The van der Waals surface area contributed by atoms with Crippen LogP contribution in [0.25, 0.3) is 0 Å². The molecule has 0 saturated heterocycles. The molecule has 104 valence electrons. The van der Waals surface area contributed by atoms with E-state index in [1.165, 1.54) is 19.3 Å². The highest BCUT2D eigenvalue weighted by Crippen LogP contribution is 2.23. The third-order valence-electron chi connectivity index (χ3n) is 4.13. The summed E-state index contributed by atoms with van der Waals surface area (Å²) in [7, 11) is 0. The molecule has 1 aliphatic rings. The summed E-state index contributed by atoms with van der Waals surface area (Å²) >= 11 is 5.06. The average molecular weight is 270 g/mol. The predicted octanol–water partition coefficient (Wildman–Crippen LogP) is 2.92. The van der Waals surface area contributed by atoms with Gasteiger partial charge < -0.3 is 11.1 Å². The predicted molar refractivity (Wildman–Crippen MR) is 79.4 cm³/mol. The van der Waals surface area contributed by atoms with E-state index in [9.17, 15) is 4.79 Å². The molecule has 4 heteroatoms. The van der Waals surface area contributed by atoms with Gasteiger partial charge in [-0.05, 0) is 26.2 Å². The number of carbonyl (C=O) groups excluding carboxylic acids is 1. The van der Waals surface area contributed by atoms with Crippen LogP contribution in [0.15, 0.2) is 0 Å². The summed E-state index contributed by atoms with van der Waals surface area (Å²) < 4.78 is 0. The summed E-state index contributed by atoms with van der Waals surface area (Å²) in [5.41, 5.74) is 5.20. The Balaban J connectivity index is 2.59. The molecule has 3 nitrogen and oxygen atoms in total. The Labute approximate surface area is 116 Å². The SMILES string of the molecule is CCC(C)(NC(=O)C1CCCCCCC1)C(N)=S. The molecule has 1 rings (SSSR count). The van der Waals surface area contributed by atoms with Crippen LogP contribution in [0.5, 0.6) is 0 Å². The van der Waals surface area contributed by atoms with Gasteiger partial charge in [-0.2, -0.15) is 0 Å². The Kier molecular flexibility index (Phi) is 6.06. The lowest BCUT2D eigenvalue weighted by Gasteiger charge is -2.31. The van der Waals surface area contributed by atoms with Crippen LogP contribution in [0.2, 0.25) is 0 Å². The van der Waals surface area contributed by atoms with E-state index in [1.54, 1.807) is 0 Å². The van der Waals surface area contributed by atoms with Gasteiger partial charge in [0.1, 0.15) is 0 Å². The molecule has 1 fully saturated rings. The minimum absolute atomic E-state index is 0.133. The molecule has 0 aliphatic heterocycles. The maximum absolute atomic E-state index is 12.3. The molecule has 18 heavy (non-hydrogen) atoms.